The lowest BCUT2D eigenvalue weighted by molar-refractivity contribution is 0.191. The van der Waals surface area contributed by atoms with Gasteiger partial charge in [0.15, 0.2) is 0 Å². The van der Waals surface area contributed by atoms with Gasteiger partial charge in [-0.1, -0.05) is 94.0 Å². The van der Waals surface area contributed by atoms with Crippen LogP contribution < -0.4 is 4.90 Å². The van der Waals surface area contributed by atoms with E-state index in [0.29, 0.717) is 26.1 Å². The van der Waals surface area contributed by atoms with Crippen molar-refractivity contribution >= 4 is 57.8 Å². The highest BCUT2D eigenvalue weighted by Crippen LogP contribution is 2.42. The summed E-state index contributed by atoms with van der Waals surface area (Å²) in [6.45, 7) is 13.4. The Bertz CT molecular complexity index is 1140. The number of benzene rings is 2. The van der Waals surface area contributed by atoms with E-state index in [0.717, 1.165) is 67.0 Å². The number of aliphatic imine (C=N–C) groups is 1. The molecule has 1 aliphatic heterocycles. The first-order valence-corrected chi connectivity index (χ1v) is 15.1. The zero-order chi connectivity index (χ0) is 27.3. The third kappa shape index (κ3) is 6.27. The number of nitrogens with zero attached hydrogens (tertiary/aromatic N) is 3. The van der Waals surface area contributed by atoms with Crippen molar-refractivity contribution in [2.75, 3.05) is 4.90 Å². The Kier molecular flexibility index (Phi) is 11.1. The molecule has 0 radical (unpaired) electrons. The normalized spacial score (nSPS) is 16.2. The lowest BCUT2D eigenvalue weighted by atomic mass is 9.93. The second kappa shape index (κ2) is 13.6. The Morgan fingerprint density at radius 1 is 0.811 bits per heavy atom. The summed E-state index contributed by atoms with van der Waals surface area (Å²) in [5.41, 5.74) is 3.95. The van der Waals surface area contributed by atoms with Gasteiger partial charge in [0, 0.05) is 27.7 Å². The van der Waals surface area contributed by atoms with Crippen molar-refractivity contribution < 1.29 is 0 Å². The smallest absolute Gasteiger partial charge is 0.132 e. The fourth-order valence-corrected chi connectivity index (χ4v) is 6.45. The van der Waals surface area contributed by atoms with E-state index in [1.165, 1.54) is 0 Å². The van der Waals surface area contributed by atoms with Crippen LogP contribution in [0.4, 0.5) is 5.69 Å². The van der Waals surface area contributed by atoms with Crippen molar-refractivity contribution in [3.8, 4) is 0 Å². The van der Waals surface area contributed by atoms with Crippen LogP contribution in [0.1, 0.15) is 85.6 Å². The van der Waals surface area contributed by atoms with E-state index in [2.05, 4.69) is 51.3 Å². The maximum atomic E-state index is 6.88. The quantitative estimate of drug-likeness (QED) is 0.262. The zero-order valence-corrected chi connectivity index (χ0v) is 25.8. The molecule has 1 unspecified atom stereocenters. The molecule has 0 N–H and O–H groups in total. The predicted molar refractivity (Wildman–Crippen MR) is 164 cm³/mol. The van der Waals surface area contributed by atoms with Crippen LogP contribution in [0, 0.1) is 0 Å². The average molecular weight is 583 g/mol. The molecule has 0 bridgehead atoms. The van der Waals surface area contributed by atoms with Gasteiger partial charge < -0.3 is 9.80 Å². The number of rotatable bonds is 11. The maximum absolute atomic E-state index is 6.88. The molecule has 7 heteroatoms. The van der Waals surface area contributed by atoms with Crippen LogP contribution in [-0.2, 0) is 0 Å². The predicted octanol–water partition coefficient (Wildman–Crippen LogP) is 10.6. The van der Waals surface area contributed by atoms with Crippen molar-refractivity contribution in [1.82, 2.24) is 4.90 Å². The van der Waals surface area contributed by atoms with Gasteiger partial charge in [-0.05, 0) is 68.9 Å². The lowest BCUT2D eigenvalue weighted by Gasteiger charge is -2.50. The highest BCUT2D eigenvalue weighted by atomic mass is 35.5. The Balaban J connectivity index is 2.40. The van der Waals surface area contributed by atoms with E-state index in [1.807, 2.05) is 36.4 Å². The van der Waals surface area contributed by atoms with Crippen molar-refractivity contribution in [1.29, 1.82) is 0 Å². The van der Waals surface area contributed by atoms with Crippen LogP contribution in [0.3, 0.4) is 0 Å². The van der Waals surface area contributed by atoms with Crippen molar-refractivity contribution in [3.05, 3.63) is 73.6 Å². The van der Waals surface area contributed by atoms with E-state index >= 15 is 0 Å². The summed E-state index contributed by atoms with van der Waals surface area (Å²) in [6.07, 6.45) is 5.64. The minimum atomic E-state index is 0.0526. The molecule has 1 heterocycles. The molecule has 1 aliphatic rings. The second-order valence-corrected chi connectivity index (χ2v) is 11.2. The summed E-state index contributed by atoms with van der Waals surface area (Å²) in [5.74, 6) is 1.15. The van der Waals surface area contributed by atoms with Gasteiger partial charge in [-0.15, -0.1) is 0 Å². The second-order valence-electron chi connectivity index (χ2n) is 9.48. The minimum absolute atomic E-state index is 0.0526. The van der Waals surface area contributed by atoms with Crippen LogP contribution in [-0.4, -0.2) is 28.7 Å². The molecule has 0 saturated heterocycles. The van der Waals surface area contributed by atoms with Gasteiger partial charge in [0.1, 0.15) is 5.82 Å². The lowest BCUT2D eigenvalue weighted by Crippen LogP contribution is -2.54. The SMILES string of the molecule is CCC1=C(N(c2ccc(Cl)cc2Cl)C(CC)CC)N(C(CC)CC)C(CC)C(c2ccc(Cl)cc2Cl)=N1. The molecule has 0 spiro atoms. The van der Waals surface area contributed by atoms with Crippen LogP contribution >= 0.6 is 46.4 Å². The fraction of sp³-hybridized carbons (Fsp3) is 0.500. The Morgan fingerprint density at radius 2 is 1.41 bits per heavy atom. The first kappa shape index (κ1) is 30.2. The summed E-state index contributed by atoms with van der Waals surface area (Å²) in [6, 6.07) is 12.1. The number of allylic oxidation sites excluding steroid dienone is 1. The van der Waals surface area contributed by atoms with Gasteiger partial charge in [-0.3, -0.25) is 4.99 Å². The van der Waals surface area contributed by atoms with Gasteiger partial charge in [-0.25, -0.2) is 0 Å². The fourth-order valence-electron chi connectivity index (χ4n) is 5.45. The maximum Gasteiger partial charge on any atom is 0.132 e. The van der Waals surface area contributed by atoms with E-state index in [-0.39, 0.29) is 12.1 Å². The molecule has 202 valence electrons. The molecule has 1 atom stereocenters. The molecule has 3 rings (SSSR count). The zero-order valence-electron chi connectivity index (χ0n) is 22.8. The summed E-state index contributed by atoms with van der Waals surface area (Å²) < 4.78 is 0. The molecule has 2 aromatic rings. The van der Waals surface area contributed by atoms with Crippen LogP contribution in [0.25, 0.3) is 0 Å². The molecule has 0 saturated carbocycles. The summed E-state index contributed by atoms with van der Waals surface area (Å²) in [4.78, 5) is 10.4. The Hall–Kier alpha value is -1.39. The summed E-state index contributed by atoms with van der Waals surface area (Å²) in [5, 5.41) is 2.54. The average Bonchev–Trinajstić information content (AvgIpc) is 2.88. The molecule has 0 fully saturated rings. The molecule has 3 nitrogen and oxygen atoms in total. The van der Waals surface area contributed by atoms with Crippen LogP contribution in [0.2, 0.25) is 20.1 Å². The largest absolute Gasteiger partial charge is 0.345 e. The van der Waals surface area contributed by atoms with Gasteiger partial charge >= 0.3 is 0 Å². The van der Waals surface area contributed by atoms with Gasteiger partial charge in [0.2, 0.25) is 0 Å². The minimum Gasteiger partial charge on any atom is -0.345 e. The van der Waals surface area contributed by atoms with E-state index in [9.17, 15) is 0 Å². The van der Waals surface area contributed by atoms with Gasteiger partial charge in [0.25, 0.3) is 0 Å². The number of hydrogen-bond acceptors (Lipinski definition) is 3. The number of anilines is 1. The summed E-state index contributed by atoms with van der Waals surface area (Å²) in [7, 11) is 0. The van der Waals surface area contributed by atoms with E-state index < -0.39 is 0 Å². The molecule has 0 amide bonds. The first-order valence-electron chi connectivity index (χ1n) is 13.6. The molecular formula is C30H39Cl4N3. The molecular weight excluding hydrogens is 544 g/mol. The highest BCUT2D eigenvalue weighted by molar-refractivity contribution is 6.37. The third-order valence-electron chi connectivity index (χ3n) is 7.38. The molecule has 0 aromatic heterocycles. The number of hydrogen-bond donors (Lipinski definition) is 0. The monoisotopic (exact) mass is 581 g/mol. The van der Waals surface area contributed by atoms with Crippen molar-refractivity contribution in [2.24, 2.45) is 4.99 Å². The van der Waals surface area contributed by atoms with Crippen LogP contribution in [0.5, 0.6) is 0 Å². The van der Waals surface area contributed by atoms with Crippen molar-refractivity contribution in [3.63, 3.8) is 0 Å². The Morgan fingerprint density at radius 3 is 1.89 bits per heavy atom. The van der Waals surface area contributed by atoms with Crippen molar-refractivity contribution in [2.45, 2.75) is 98.2 Å². The number of halogens is 4. The topological polar surface area (TPSA) is 18.8 Å². The van der Waals surface area contributed by atoms with Gasteiger partial charge in [0.05, 0.1) is 33.2 Å². The Labute approximate surface area is 243 Å². The molecule has 37 heavy (non-hydrogen) atoms. The van der Waals surface area contributed by atoms with Crippen LogP contribution in [0.15, 0.2) is 52.9 Å². The first-order chi connectivity index (χ1) is 17.8. The third-order valence-corrected chi connectivity index (χ3v) is 8.46. The summed E-state index contributed by atoms with van der Waals surface area (Å²) >= 11 is 26.2. The highest BCUT2D eigenvalue weighted by Gasteiger charge is 2.39. The van der Waals surface area contributed by atoms with E-state index in [4.69, 9.17) is 51.4 Å². The molecule has 2 aromatic carbocycles. The van der Waals surface area contributed by atoms with Gasteiger partial charge in [-0.2, -0.15) is 0 Å². The standard InChI is InChI=1S/C30H39Cl4N3/c1-7-21(8-2)36-27(12-6)29(23-15-13-19(31)17-24(23)33)35-26(11-5)30(36)37(22(9-3)10-4)28-16-14-20(32)18-25(28)34/h13-18,21-22,27H,7-12H2,1-6H3. The van der Waals surface area contributed by atoms with E-state index in [1.54, 1.807) is 0 Å². The molecule has 0 aliphatic carbocycles.